The molecular weight excluding hydrogens is 250 g/mol. The lowest BCUT2D eigenvalue weighted by molar-refractivity contribution is 0.465. The van der Waals surface area contributed by atoms with Crippen molar-refractivity contribution in [2.75, 3.05) is 12.8 Å². The van der Waals surface area contributed by atoms with Crippen LogP contribution in [0.1, 0.15) is 54.8 Å². The van der Waals surface area contributed by atoms with Crippen molar-refractivity contribution in [3.05, 3.63) is 34.9 Å². The van der Waals surface area contributed by atoms with Crippen LogP contribution in [0.15, 0.2) is 18.2 Å². The average molecular weight is 275 g/mol. The molecule has 2 aliphatic carbocycles. The van der Waals surface area contributed by atoms with Gasteiger partial charge in [-0.1, -0.05) is 36.6 Å². The SMILES string of the molecule is CSC1(CNC2CCc3ccc(C)cc32)CCCC1. The maximum atomic E-state index is 3.88. The summed E-state index contributed by atoms with van der Waals surface area (Å²) in [6.07, 6.45) is 10.5. The fourth-order valence-corrected chi connectivity index (χ4v) is 4.64. The Morgan fingerprint density at radius 2 is 2.11 bits per heavy atom. The molecule has 104 valence electrons. The van der Waals surface area contributed by atoms with Crippen LogP contribution in [0.2, 0.25) is 0 Å². The van der Waals surface area contributed by atoms with Crippen LogP contribution >= 0.6 is 11.8 Å². The van der Waals surface area contributed by atoms with E-state index in [1.54, 1.807) is 11.1 Å². The van der Waals surface area contributed by atoms with Crippen molar-refractivity contribution in [3.8, 4) is 0 Å². The molecule has 0 radical (unpaired) electrons. The molecule has 2 heteroatoms. The second kappa shape index (κ2) is 5.49. The average Bonchev–Trinajstić information content (AvgIpc) is 3.03. The van der Waals surface area contributed by atoms with Crippen LogP contribution in [-0.2, 0) is 6.42 Å². The summed E-state index contributed by atoms with van der Waals surface area (Å²) in [5.41, 5.74) is 4.52. The lowest BCUT2D eigenvalue weighted by Gasteiger charge is -2.29. The van der Waals surface area contributed by atoms with E-state index in [0.29, 0.717) is 10.8 Å². The van der Waals surface area contributed by atoms with Gasteiger partial charge in [-0.25, -0.2) is 0 Å². The highest BCUT2D eigenvalue weighted by Crippen LogP contribution is 2.41. The molecule has 3 rings (SSSR count). The molecule has 1 N–H and O–H groups in total. The number of aryl methyl sites for hydroxylation is 2. The van der Waals surface area contributed by atoms with Crippen molar-refractivity contribution in [2.45, 2.75) is 56.2 Å². The third-order valence-corrected chi connectivity index (χ3v) is 6.42. The summed E-state index contributed by atoms with van der Waals surface area (Å²) in [6, 6.07) is 7.56. The fraction of sp³-hybridized carbons (Fsp3) is 0.647. The number of fused-ring (bicyclic) bond motifs is 1. The van der Waals surface area contributed by atoms with Crippen molar-refractivity contribution in [1.82, 2.24) is 5.32 Å². The molecule has 1 aromatic rings. The third kappa shape index (κ3) is 2.71. The van der Waals surface area contributed by atoms with Crippen molar-refractivity contribution in [3.63, 3.8) is 0 Å². The molecule has 0 bridgehead atoms. The first-order valence-electron chi connectivity index (χ1n) is 7.60. The van der Waals surface area contributed by atoms with Gasteiger partial charge in [-0.3, -0.25) is 0 Å². The summed E-state index contributed by atoms with van der Waals surface area (Å²) in [7, 11) is 0. The summed E-state index contributed by atoms with van der Waals surface area (Å²) in [4.78, 5) is 0. The molecule has 1 unspecified atom stereocenters. The number of nitrogens with one attached hydrogen (secondary N) is 1. The van der Waals surface area contributed by atoms with Gasteiger partial charge in [0.1, 0.15) is 0 Å². The van der Waals surface area contributed by atoms with E-state index in [2.05, 4.69) is 48.5 Å². The van der Waals surface area contributed by atoms with Gasteiger partial charge in [0.25, 0.3) is 0 Å². The predicted molar refractivity (Wildman–Crippen MR) is 85.0 cm³/mol. The van der Waals surface area contributed by atoms with E-state index in [4.69, 9.17) is 0 Å². The highest BCUT2D eigenvalue weighted by Gasteiger charge is 2.34. The maximum absolute atomic E-state index is 3.88. The molecule has 0 amide bonds. The van der Waals surface area contributed by atoms with Crippen LogP contribution < -0.4 is 5.32 Å². The summed E-state index contributed by atoms with van der Waals surface area (Å²) in [6.45, 7) is 3.39. The van der Waals surface area contributed by atoms with Gasteiger partial charge < -0.3 is 5.32 Å². The van der Waals surface area contributed by atoms with E-state index in [1.165, 1.54) is 50.6 Å². The van der Waals surface area contributed by atoms with Gasteiger partial charge in [0, 0.05) is 17.3 Å². The van der Waals surface area contributed by atoms with Gasteiger partial charge >= 0.3 is 0 Å². The quantitative estimate of drug-likeness (QED) is 0.881. The van der Waals surface area contributed by atoms with E-state index in [1.807, 2.05) is 0 Å². The Labute approximate surface area is 121 Å². The van der Waals surface area contributed by atoms with Gasteiger partial charge in [-0.15, -0.1) is 0 Å². The number of hydrogen-bond acceptors (Lipinski definition) is 2. The van der Waals surface area contributed by atoms with Crippen LogP contribution in [0.5, 0.6) is 0 Å². The molecule has 2 aliphatic rings. The topological polar surface area (TPSA) is 12.0 Å². The molecule has 1 atom stereocenters. The van der Waals surface area contributed by atoms with E-state index >= 15 is 0 Å². The smallest absolute Gasteiger partial charge is 0.0326 e. The van der Waals surface area contributed by atoms with Crippen LogP contribution in [0, 0.1) is 6.92 Å². The lowest BCUT2D eigenvalue weighted by atomic mass is 10.0. The zero-order valence-electron chi connectivity index (χ0n) is 12.2. The predicted octanol–water partition coefficient (Wildman–Crippen LogP) is 4.25. The second-order valence-corrected chi connectivity index (χ2v) is 7.54. The second-order valence-electron chi connectivity index (χ2n) is 6.27. The van der Waals surface area contributed by atoms with Gasteiger partial charge in [0.15, 0.2) is 0 Å². The minimum absolute atomic E-state index is 0.520. The van der Waals surface area contributed by atoms with E-state index in [9.17, 15) is 0 Å². The number of hydrogen-bond donors (Lipinski definition) is 1. The van der Waals surface area contributed by atoms with Crippen molar-refractivity contribution >= 4 is 11.8 Å². The summed E-state index contributed by atoms with van der Waals surface area (Å²) < 4.78 is 0.520. The van der Waals surface area contributed by atoms with Gasteiger partial charge in [0.2, 0.25) is 0 Å². The minimum Gasteiger partial charge on any atom is -0.309 e. The first-order chi connectivity index (χ1) is 9.22. The number of thioether (sulfide) groups is 1. The normalized spacial score (nSPS) is 24.6. The van der Waals surface area contributed by atoms with Crippen LogP contribution in [-0.4, -0.2) is 17.5 Å². The highest BCUT2D eigenvalue weighted by atomic mass is 32.2. The Kier molecular flexibility index (Phi) is 3.91. The van der Waals surface area contributed by atoms with Crippen molar-refractivity contribution < 1.29 is 0 Å². The highest BCUT2D eigenvalue weighted by molar-refractivity contribution is 8.00. The van der Waals surface area contributed by atoms with E-state index < -0.39 is 0 Å². The summed E-state index contributed by atoms with van der Waals surface area (Å²) in [5, 5.41) is 3.88. The van der Waals surface area contributed by atoms with Gasteiger partial charge in [0.05, 0.1) is 0 Å². The Morgan fingerprint density at radius 1 is 1.32 bits per heavy atom. The molecule has 0 aliphatic heterocycles. The van der Waals surface area contributed by atoms with Gasteiger partial charge in [-0.2, -0.15) is 11.8 Å². The molecule has 0 spiro atoms. The Hall–Kier alpha value is -0.470. The Bertz CT molecular complexity index is 449. The monoisotopic (exact) mass is 275 g/mol. The molecule has 0 saturated heterocycles. The molecular formula is C17H25NS. The fourth-order valence-electron chi connectivity index (χ4n) is 3.72. The molecule has 1 aromatic carbocycles. The Balaban J connectivity index is 1.68. The largest absolute Gasteiger partial charge is 0.309 e. The summed E-state index contributed by atoms with van der Waals surface area (Å²) in [5.74, 6) is 0. The standard InChI is InChI=1S/C17H25NS/c1-13-5-6-14-7-8-16(15(14)11-13)18-12-17(19-2)9-3-4-10-17/h5-6,11,16,18H,3-4,7-10,12H2,1-2H3. The molecule has 0 heterocycles. The molecule has 19 heavy (non-hydrogen) atoms. The van der Waals surface area contributed by atoms with E-state index in [0.717, 1.165) is 0 Å². The first kappa shape index (κ1) is 13.5. The third-order valence-electron chi connectivity index (χ3n) is 5.00. The number of benzene rings is 1. The summed E-state index contributed by atoms with van der Waals surface area (Å²) >= 11 is 2.09. The maximum Gasteiger partial charge on any atom is 0.0326 e. The van der Waals surface area contributed by atoms with Crippen LogP contribution in [0.25, 0.3) is 0 Å². The minimum atomic E-state index is 0.520. The van der Waals surface area contributed by atoms with Crippen molar-refractivity contribution in [1.29, 1.82) is 0 Å². The lowest BCUT2D eigenvalue weighted by Crippen LogP contribution is -2.36. The van der Waals surface area contributed by atoms with Crippen LogP contribution in [0.4, 0.5) is 0 Å². The van der Waals surface area contributed by atoms with Gasteiger partial charge in [-0.05, 0) is 50.0 Å². The number of rotatable bonds is 4. The van der Waals surface area contributed by atoms with Crippen molar-refractivity contribution in [2.24, 2.45) is 0 Å². The zero-order valence-corrected chi connectivity index (χ0v) is 13.0. The Morgan fingerprint density at radius 3 is 2.84 bits per heavy atom. The molecule has 0 aromatic heterocycles. The zero-order chi connectivity index (χ0) is 13.3. The molecule has 1 fully saturated rings. The first-order valence-corrected chi connectivity index (χ1v) is 8.83. The van der Waals surface area contributed by atoms with Crippen LogP contribution in [0.3, 0.4) is 0 Å². The molecule has 1 nitrogen and oxygen atoms in total. The van der Waals surface area contributed by atoms with E-state index in [-0.39, 0.29) is 0 Å². The molecule has 1 saturated carbocycles.